The monoisotopic (exact) mass is 794 g/mol. The van der Waals surface area contributed by atoms with E-state index in [0.29, 0.717) is 38.9 Å². The van der Waals surface area contributed by atoms with Crippen LogP contribution in [0.3, 0.4) is 0 Å². The Morgan fingerprint density at radius 1 is 0.926 bits per heavy atom. The van der Waals surface area contributed by atoms with Crippen molar-refractivity contribution in [1.82, 2.24) is 15.5 Å². The van der Waals surface area contributed by atoms with Crippen molar-refractivity contribution in [3.8, 4) is 0 Å². The quantitative estimate of drug-likeness (QED) is 0.0455. The topological polar surface area (TPSA) is 237 Å². The first-order valence-corrected chi connectivity index (χ1v) is 21.9. The minimum atomic E-state index is -5.22. The lowest BCUT2D eigenvalue weighted by molar-refractivity contribution is -0.128. The summed E-state index contributed by atoms with van der Waals surface area (Å²) in [5.41, 5.74) is -1.43. The molecule has 0 radical (unpaired) electrons. The number of hydrogen-bond acceptors (Lipinski definition) is 10. The molecule has 1 aromatic carbocycles. The average molecular weight is 795 g/mol. The van der Waals surface area contributed by atoms with Crippen molar-refractivity contribution >= 4 is 51.8 Å². The van der Waals surface area contributed by atoms with Gasteiger partial charge in [-0.1, -0.05) is 63.4 Å². The summed E-state index contributed by atoms with van der Waals surface area (Å²) in [6.07, 6.45) is 11.5. The van der Waals surface area contributed by atoms with Crippen molar-refractivity contribution in [2.24, 2.45) is 21.8 Å². The second-order valence-electron chi connectivity index (χ2n) is 14.1. The van der Waals surface area contributed by atoms with Gasteiger partial charge in [0.1, 0.15) is 6.21 Å². The van der Waals surface area contributed by atoms with Crippen molar-refractivity contribution in [2.75, 3.05) is 32.8 Å². The van der Waals surface area contributed by atoms with Crippen LogP contribution < -0.4 is 10.6 Å². The van der Waals surface area contributed by atoms with Gasteiger partial charge < -0.3 is 44.4 Å². The van der Waals surface area contributed by atoms with Crippen molar-refractivity contribution in [2.45, 2.75) is 95.9 Å². The van der Waals surface area contributed by atoms with Gasteiger partial charge in [-0.15, -0.1) is 0 Å². The molecule has 0 spiro atoms. The molecule has 2 atom stereocenters. The van der Waals surface area contributed by atoms with Crippen LogP contribution >= 0.6 is 15.2 Å². The summed E-state index contributed by atoms with van der Waals surface area (Å²) in [4.78, 5) is 86.0. The summed E-state index contributed by atoms with van der Waals surface area (Å²) in [5.74, 6) is -2.18. The zero-order valence-electron chi connectivity index (χ0n) is 31.1. The molecule has 2 aliphatic rings. The molecule has 54 heavy (non-hydrogen) atoms. The standard InChI is InChI=1S/C35H54BN5O11P2/c1-27(2)23-32(39-34(44)29(24-28-13-7-6-8-14-28)25-31(42)30-26-37-16-17-38-30)36-51-21-11-19-41(20-12-22-52-36)18-10-5-3-4-9-15-33(43)40-35(53(45,46)47)54(48,49)50/h6-8,13-14,16,26-27,29,32,35H,3-5,9-12,15,18-25H2,1-2H3,(H5-,39,40,43,44,45,46,47,48,49,50)/p+1/t29-,32+/m0/s1. The number of carbonyl (C=O) groups is 3. The Hall–Kier alpha value is -2.94. The largest absolute Gasteiger partial charge is 0.480 e. The van der Waals surface area contributed by atoms with E-state index in [2.05, 4.69) is 40.2 Å². The molecule has 3 rings (SSSR count). The number of benzene rings is 1. The van der Waals surface area contributed by atoms with Gasteiger partial charge in [-0.25, -0.2) is 4.99 Å². The van der Waals surface area contributed by atoms with E-state index in [1.165, 1.54) is 12.4 Å². The smallest absolute Gasteiger partial charge is 0.410 e. The molecule has 0 bridgehead atoms. The summed E-state index contributed by atoms with van der Waals surface area (Å²) in [6, 6.07) is 9.58. The highest BCUT2D eigenvalue weighted by Crippen LogP contribution is 2.58. The SMILES string of the molecule is CC(C)C[C@@H](NC(=O)[C@H](CC(=O)C1=N[C+]=CN=C1)Cc1ccccc1)B1OCCCN(CCCCCCCC(=O)NC(P(=O)(O)O)P(=O)(O)O)CCCO1. The summed E-state index contributed by atoms with van der Waals surface area (Å²) in [6.45, 7) is 7.55. The van der Waals surface area contributed by atoms with Gasteiger partial charge in [0, 0.05) is 44.1 Å². The minimum Gasteiger partial charge on any atom is -0.410 e. The number of unbranched alkanes of at least 4 members (excludes halogenated alkanes) is 4. The number of hydrogen-bond donors (Lipinski definition) is 6. The van der Waals surface area contributed by atoms with Crippen molar-refractivity contribution in [3.05, 3.63) is 48.3 Å². The van der Waals surface area contributed by atoms with Gasteiger partial charge in [0.15, 0.2) is 6.20 Å². The van der Waals surface area contributed by atoms with Gasteiger partial charge >= 0.3 is 22.3 Å². The molecule has 19 heteroatoms. The van der Waals surface area contributed by atoms with E-state index in [4.69, 9.17) is 28.9 Å². The lowest BCUT2D eigenvalue weighted by atomic mass is 9.73. The molecule has 16 nitrogen and oxygen atoms in total. The number of amides is 2. The first-order chi connectivity index (χ1) is 25.6. The molecule has 6 N–H and O–H groups in total. The number of nitrogens with one attached hydrogen (secondary N) is 2. The Morgan fingerprint density at radius 3 is 2.15 bits per heavy atom. The third-order valence-electron chi connectivity index (χ3n) is 8.92. The molecule has 0 saturated carbocycles. The molecule has 2 heterocycles. The first-order valence-electron chi connectivity index (χ1n) is 18.5. The summed E-state index contributed by atoms with van der Waals surface area (Å²) in [7, 11) is -11.1. The van der Waals surface area contributed by atoms with E-state index >= 15 is 0 Å². The normalized spacial score (nSPS) is 17.1. The Labute approximate surface area is 318 Å². The molecule has 0 aromatic heterocycles. The third kappa shape index (κ3) is 17.2. The van der Waals surface area contributed by atoms with Crippen LogP contribution in [0.5, 0.6) is 0 Å². The molecule has 1 aromatic rings. The molecular formula is C35H55BN5O11P2+. The molecule has 1 fully saturated rings. The second-order valence-corrected chi connectivity index (χ2v) is 17.9. The lowest BCUT2D eigenvalue weighted by Crippen LogP contribution is -2.52. The fourth-order valence-corrected chi connectivity index (χ4v) is 8.45. The molecule has 2 amide bonds. The Kier molecular flexibility index (Phi) is 19.5. The Bertz CT molecular complexity index is 1500. The van der Waals surface area contributed by atoms with Gasteiger partial charge in [0.2, 0.25) is 23.5 Å². The molecule has 298 valence electrons. The van der Waals surface area contributed by atoms with E-state index in [9.17, 15) is 23.5 Å². The van der Waals surface area contributed by atoms with Crippen LogP contribution in [0.25, 0.3) is 0 Å². The average Bonchev–Trinajstić information content (AvgIpc) is 3.11. The van der Waals surface area contributed by atoms with E-state index < -0.39 is 45.6 Å². The van der Waals surface area contributed by atoms with E-state index in [0.717, 1.165) is 57.3 Å². The van der Waals surface area contributed by atoms with Crippen molar-refractivity contribution in [3.63, 3.8) is 0 Å². The zero-order valence-corrected chi connectivity index (χ0v) is 32.9. The highest BCUT2D eigenvalue weighted by molar-refractivity contribution is 7.70. The third-order valence-corrected chi connectivity index (χ3v) is 12.3. The fourth-order valence-electron chi connectivity index (χ4n) is 6.26. The van der Waals surface area contributed by atoms with Gasteiger partial charge in [0.05, 0.1) is 11.9 Å². The number of nitrogens with zero attached hydrogens (tertiary/aromatic N) is 3. The molecule has 2 aliphatic heterocycles. The highest BCUT2D eigenvalue weighted by Gasteiger charge is 2.44. The van der Waals surface area contributed by atoms with Crippen LogP contribution in [0.15, 0.2) is 46.5 Å². The van der Waals surface area contributed by atoms with E-state index in [1.807, 2.05) is 30.3 Å². The molecule has 0 aliphatic carbocycles. The zero-order chi connectivity index (χ0) is 39.6. The molecule has 1 saturated heterocycles. The maximum atomic E-state index is 13.9. The Morgan fingerprint density at radius 2 is 1.56 bits per heavy atom. The summed E-state index contributed by atoms with van der Waals surface area (Å²) >= 11 is 0. The minimum absolute atomic E-state index is 0.0367. The number of Topliss-reactive ketones (excluding diaryl/α,β-unsaturated/α-hetero) is 1. The molecule has 0 unspecified atom stereocenters. The first kappa shape index (κ1) is 45.5. The van der Waals surface area contributed by atoms with Crippen molar-refractivity contribution in [1.29, 1.82) is 0 Å². The van der Waals surface area contributed by atoms with Gasteiger partial charge in [0.25, 0.3) is 11.5 Å². The number of carbonyl (C=O) groups excluding carboxylic acids is 3. The van der Waals surface area contributed by atoms with Crippen LogP contribution in [-0.2, 0) is 39.2 Å². The van der Waals surface area contributed by atoms with E-state index in [-0.39, 0.29) is 36.2 Å². The summed E-state index contributed by atoms with van der Waals surface area (Å²) in [5, 5.41) is 4.97. The number of aliphatic imine (C=N–C) groups is 2. The second kappa shape index (κ2) is 23.2. The van der Waals surface area contributed by atoms with Crippen LogP contribution in [0.2, 0.25) is 0 Å². The number of ketones is 1. The van der Waals surface area contributed by atoms with Crippen molar-refractivity contribution < 1.29 is 52.4 Å². The molecular weight excluding hydrogens is 739 g/mol. The number of rotatable bonds is 21. The maximum Gasteiger partial charge on any atom is 0.480 e. The fraction of sp³-hybridized carbons (Fsp3) is 0.629. The predicted molar refractivity (Wildman–Crippen MR) is 205 cm³/mol. The maximum absolute atomic E-state index is 13.9. The van der Waals surface area contributed by atoms with Crippen LogP contribution in [0.4, 0.5) is 0 Å². The van der Waals surface area contributed by atoms with Gasteiger partial charge in [-0.05, 0) is 56.6 Å². The van der Waals surface area contributed by atoms with Crippen LogP contribution in [0, 0.1) is 18.0 Å². The van der Waals surface area contributed by atoms with Gasteiger partial charge in [-0.2, -0.15) is 0 Å². The van der Waals surface area contributed by atoms with Crippen LogP contribution in [0.1, 0.15) is 83.6 Å². The Balaban J connectivity index is 1.46. The van der Waals surface area contributed by atoms with Gasteiger partial charge in [-0.3, -0.25) is 23.5 Å². The van der Waals surface area contributed by atoms with Crippen LogP contribution in [-0.4, -0.2) is 105 Å². The lowest BCUT2D eigenvalue weighted by Gasteiger charge is -2.30. The highest BCUT2D eigenvalue weighted by atomic mass is 31.2. The predicted octanol–water partition coefficient (Wildman–Crippen LogP) is 3.39. The summed E-state index contributed by atoms with van der Waals surface area (Å²) < 4.78 is 35.2. The van der Waals surface area contributed by atoms with E-state index in [1.54, 1.807) is 5.32 Å².